The number of nitrogens with zero attached hydrogens (tertiary/aromatic N) is 3. The van der Waals surface area contributed by atoms with Gasteiger partial charge in [-0.15, -0.1) is 0 Å². The van der Waals surface area contributed by atoms with Gasteiger partial charge in [-0.25, -0.2) is 9.89 Å². The lowest BCUT2D eigenvalue weighted by molar-refractivity contribution is 0.0363. The lowest BCUT2D eigenvalue weighted by atomic mass is 10.1. The van der Waals surface area contributed by atoms with Crippen molar-refractivity contribution in [3.05, 3.63) is 28.3 Å². The van der Waals surface area contributed by atoms with Crippen LogP contribution >= 0.6 is 0 Å². The molecule has 0 unspecified atom stereocenters. The molecule has 0 aromatic heterocycles. The third-order valence-corrected chi connectivity index (χ3v) is 3.80. The number of morpholine rings is 1. The maximum Gasteiger partial charge on any atom is 0.341 e. The number of aromatic amines is 1. The van der Waals surface area contributed by atoms with E-state index in [1.807, 2.05) is 4.57 Å². The number of carbonyl (C=O) groups is 1. The second-order valence-corrected chi connectivity index (χ2v) is 5.17. The smallest absolute Gasteiger partial charge is 0.341 e. The Bertz CT molecular complexity index is 687. The van der Waals surface area contributed by atoms with Gasteiger partial charge < -0.3 is 14.0 Å². The highest BCUT2D eigenvalue weighted by atomic mass is 16.5. The second kappa shape index (κ2) is 6.29. The Morgan fingerprint density at radius 1 is 1.36 bits per heavy atom. The van der Waals surface area contributed by atoms with Gasteiger partial charge in [0, 0.05) is 38.6 Å². The van der Waals surface area contributed by atoms with Crippen molar-refractivity contribution in [3.63, 3.8) is 0 Å². The minimum atomic E-state index is -0.503. The molecule has 0 radical (unpaired) electrons. The first-order valence-corrected chi connectivity index (χ1v) is 7.15. The van der Waals surface area contributed by atoms with Crippen molar-refractivity contribution in [2.45, 2.75) is 6.54 Å². The highest BCUT2D eigenvalue weighted by molar-refractivity contribution is 5.95. The molecule has 1 fully saturated rings. The summed E-state index contributed by atoms with van der Waals surface area (Å²) in [4.78, 5) is 25.9. The topological polar surface area (TPSA) is 89.5 Å². The van der Waals surface area contributed by atoms with Crippen molar-refractivity contribution in [2.75, 3.05) is 40.0 Å². The molecule has 1 saturated heterocycles. The van der Waals surface area contributed by atoms with Crippen molar-refractivity contribution in [1.82, 2.24) is 19.7 Å². The Hall–Kier alpha value is -2.19. The predicted octanol–water partition coefficient (Wildman–Crippen LogP) is -0.205. The van der Waals surface area contributed by atoms with Crippen LogP contribution in [0.2, 0.25) is 0 Å². The van der Waals surface area contributed by atoms with E-state index in [0.29, 0.717) is 23.4 Å². The van der Waals surface area contributed by atoms with Crippen molar-refractivity contribution >= 4 is 5.97 Å². The summed E-state index contributed by atoms with van der Waals surface area (Å²) in [6.45, 7) is 4.76. The molecule has 0 spiro atoms. The molecule has 0 aliphatic carbocycles. The lowest BCUT2D eigenvalue weighted by Crippen LogP contribution is -2.38. The number of pyridine rings is 1. The number of aromatic nitrogens is 3. The van der Waals surface area contributed by atoms with Gasteiger partial charge in [-0.05, 0) is 0 Å². The van der Waals surface area contributed by atoms with Gasteiger partial charge in [-0.2, -0.15) is 5.10 Å². The van der Waals surface area contributed by atoms with Crippen LogP contribution in [0.25, 0.3) is 11.3 Å². The van der Waals surface area contributed by atoms with Gasteiger partial charge in [0.05, 0.1) is 25.9 Å². The van der Waals surface area contributed by atoms with Crippen molar-refractivity contribution < 1.29 is 14.3 Å². The molecule has 8 nitrogen and oxygen atoms in total. The van der Waals surface area contributed by atoms with E-state index in [-0.39, 0.29) is 5.56 Å². The molecule has 3 heterocycles. The molecule has 1 N–H and O–H groups in total. The van der Waals surface area contributed by atoms with Crippen molar-refractivity contribution in [2.24, 2.45) is 0 Å². The maximum atomic E-state index is 11.9. The number of fused-ring (bicyclic) bond motifs is 1. The highest BCUT2D eigenvalue weighted by Crippen LogP contribution is 2.20. The molecule has 118 valence electrons. The largest absolute Gasteiger partial charge is 0.465 e. The van der Waals surface area contributed by atoms with Crippen molar-refractivity contribution in [3.8, 4) is 11.3 Å². The quantitative estimate of drug-likeness (QED) is 0.787. The number of nitrogens with one attached hydrogen (secondary N) is 1. The number of hydrogen-bond acceptors (Lipinski definition) is 6. The first-order valence-electron chi connectivity index (χ1n) is 7.15. The Balaban J connectivity index is 1.85. The van der Waals surface area contributed by atoms with E-state index < -0.39 is 5.97 Å². The molecule has 0 aromatic rings. The van der Waals surface area contributed by atoms with E-state index in [1.165, 1.54) is 7.11 Å². The van der Waals surface area contributed by atoms with E-state index >= 15 is 0 Å². The van der Waals surface area contributed by atoms with E-state index in [1.54, 1.807) is 12.4 Å². The lowest BCUT2D eigenvalue weighted by Gasteiger charge is -2.27. The highest BCUT2D eigenvalue weighted by Gasteiger charge is 2.22. The fourth-order valence-corrected chi connectivity index (χ4v) is 2.56. The number of methoxy groups -OCH3 is 1. The Labute approximate surface area is 127 Å². The summed E-state index contributed by atoms with van der Waals surface area (Å²) in [5.41, 5.74) is 0.727. The van der Waals surface area contributed by atoms with E-state index in [4.69, 9.17) is 9.47 Å². The first-order chi connectivity index (χ1) is 10.7. The molecular weight excluding hydrogens is 288 g/mol. The van der Waals surface area contributed by atoms with E-state index in [9.17, 15) is 9.59 Å². The third kappa shape index (κ3) is 2.88. The zero-order chi connectivity index (χ0) is 15.5. The molecular formula is C14H18N4O4. The minimum absolute atomic E-state index is 0.292. The average molecular weight is 306 g/mol. The summed E-state index contributed by atoms with van der Waals surface area (Å²) in [7, 11) is 1.31. The van der Waals surface area contributed by atoms with Gasteiger partial charge in [-0.3, -0.25) is 9.69 Å². The third-order valence-electron chi connectivity index (χ3n) is 3.80. The van der Waals surface area contributed by atoms with Gasteiger partial charge in [-0.1, -0.05) is 0 Å². The number of rotatable bonds is 4. The second-order valence-electron chi connectivity index (χ2n) is 5.17. The zero-order valence-corrected chi connectivity index (χ0v) is 12.4. The standard InChI is InChI=1S/C14H18N4O4/c1-21-14(20)11-9-18(3-2-17-4-6-22-7-5-17)8-10-12(11)15-16-13(10)19/h8-9H,2-7H2,1H3,(H,16,19). The summed E-state index contributed by atoms with van der Waals surface area (Å²) in [6, 6.07) is 0. The number of hydrogen-bond donors (Lipinski definition) is 1. The van der Waals surface area contributed by atoms with Crippen LogP contribution in [0.5, 0.6) is 0 Å². The number of ether oxygens (including phenoxy) is 2. The molecule has 3 aliphatic rings. The normalized spacial score (nSPS) is 16.0. The fraction of sp³-hybridized carbons (Fsp3) is 0.500. The van der Waals surface area contributed by atoms with E-state index in [2.05, 4.69) is 15.1 Å². The first kappa shape index (κ1) is 14.7. The summed E-state index contributed by atoms with van der Waals surface area (Å²) in [5.74, 6) is -0.503. The van der Waals surface area contributed by atoms with Crippen LogP contribution in [-0.4, -0.2) is 65.6 Å². The van der Waals surface area contributed by atoms with Crippen LogP contribution in [0.3, 0.4) is 0 Å². The zero-order valence-electron chi connectivity index (χ0n) is 12.4. The minimum Gasteiger partial charge on any atom is -0.465 e. The van der Waals surface area contributed by atoms with Gasteiger partial charge in [0.15, 0.2) is 0 Å². The number of carbonyl (C=O) groups excluding carboxylic acids is 1. The van der Waals surface area contributed by atoms with Gasteiger partial charge in [0.1, 0.15) is 11.3 Å². The predicted molar refractivity (Wildman–Crippen MR) is 78.1 cm³/mol. The SMILES string of the molecule is COC(=O)c1cn(CCN2CCOCC2)cc2c(=O)[nH]nc1-2. The summed E-state index contributed by atoms with van der Waals surface area (Å²) in [5, 5.41) is 6.27. The summed E-state index contributed by atoms with van der Waals surface area (Å²) < 4.78 is 11.9. The fourth-order valence-electron chi connectivity index (χ4n) is 2.56. The molecule has 0 aromatic carbocycles. The Morgan fingerprint density at radius 2 is 2.14 bits per heavy atom. The van der Waals surface area contributed by atoms with Gasteiger partial charge in [0.2, 0.25) is 0 Å². The molecule has 0 atom stereocenters. The van der Waals surface area contributed by atoms with Gasteiger partial charge >= 0.3 is 5.97 Å². The molecule has 8 heteroatoms. The molecule has 0 saturated carbocycles. The molecule has 3 rings (SSSR count). The van der Waals surface area contributed by atoms with Gasteiger partial charge in [0.25, 0.3) is 5.56 Å². The van der Waals surface area contributed by atoms with Crippen LogP contribution in [0, 0.1) is 0 Å². The molecule has 0 amide bonds. The van der Waals surface area contributed by atoms with Crippen LogP contribution in [0.15, 0.2) is 17.2 Å². The Morgan fingerprint density at radius 3 is 2.86 bits per heavy atom. The Kier molecular flexibility index (Phi) is 4.21. The molecule has 3 aliphatic heterocycles. The molecule has 0 bridgehead atoms. The summed E-state index contributed by atoms with van der Waals surface area (Å²) in [6.07, 6.45) is 3.39. The van der Waals surface area contributed by atoms with E-state index in [0.717, 1.165) is 32.8 Å². The molecule has 22 heavy (non-hydrogen) atoms. The number of esters is 1. The monoisotopic (exact) mass is 306 g/mol. The summed E-state index contributed by atoms with van der Waals surface area (Å²) >= 11 is 0. The van der Waals surface area contributed by atoms with Crippen LogP contribution < -0.4 is 5.56 Å². The van der Waals surface area contributed by atoms with Crippen LogP contribution in [0.1, 0.15) is 10.4 Å². The van der Waals surface area contributed by atoms with Crippen molar-refractivity contribution in [1.29, 1.82) is 0 Å². The number of H-pyrrole nitrogens is 1. The average Bonchev–Trinajstić information content (AvgIpc) is 2.94. The maximum absolute atomic E-state index is 11.9. The van der Waals surface area contributed by atoms with Crippen LogP contribution in [-0.2, 0) is 16.0 Å². The van der Waals surface area contributed by atoms with Crippen LogP contribution in [0.4, 0.5) is 0 Å².